The summed E-state index contributed by atoms with van der Waals surface area (Å²) in [5.74, 6) is -3.33. The summed E-state index contributed by atoms with van der Waals surface area (Å²) in [7, 11) is -4.13. The van der Waals surface area contributed by atoms with E-state index in [-0.39, 0.29) is 43.2 Å². The second-order valence-electron chi connectivity index (χ2n) is 8.30. The van der Waals surface area contributed by atoms with Crippen LogP contribution >= 0.6 is 11.3 Å². The molecule has 0 amide bonds. The smallest absolute Gasteiger partial charge is 0.333 e. The number of ketones is 1. The molecule has 34 heavy (non-hydrogen) atoms. The van der Waals surface area contributed by atoms with Crippen LogP contribution in [0.4, 0.5) is 14.6 Å². The molecule has 0 bridgehead atoms. The second kappa shape index (κ2) is 9.71. The van der Waals surface area contributed by atoms with Crippen LogP contribution in [0.25, 0.3) is 0 Å². The van der Waals surface area contributed by atoms with Gasteiger partial charge in [0.15, 0.2) is 0 Å². The molecule has 1 aliphatic carbocycles. The monoisotopic (exact) mass is 515 g/mol. The van der Waals surface area contributed by atoms with Crippen LogP contribution in [0.1, 0.15) is 33.6 Å². The number of nitrogens with two attached hydrogens (primary N) is 1. The van der Waals surface area contributed by atoms with Crippen LogP contribution < -0.4 is 10.5 Å². The number of carbonyl (C=O) groups excluding carboxylic acids is 1. The number of aromatic nitrogens is 2. The van der Waals surface area contributed by atoms with E-state index in [4.69, 9.17) is 5.14 Å². The van der Waals surface area contributed by atoms with Crippen molar-refractivity contribution in [3.63, 3.8) is 0 Å². The summed E-state index contributed by atoms with van der Waals surface area (Å²) in [5, 5.41) is 19.8. The predicted octanol–water partition coefficient (Wildman–Crippen LogP) is 1.51. The largest absolute Gasteiger partial charge is 0.389 e. The fourth-order valence-corrected chi connectivity index (χ4v) is 5.13. The number of allylic oxidation sites excluding steroid dienone is 1. The Balaban J connectivity index is 1.42. The fraction of sp³-hybridized carbons (Fsp3) is 0.450. The van der Waals surface area contributed by atoms with Crippen LogP contribution in [0.3, 0.4) is 0 Å². The molecule has 10 nitrogen and oxygen atoms in total. The summed E-state index contributed by atoms with van der Waals surface area (Å²) in [6.45, 7) is 0.0501. The van der Waals surface area contributed by atoms with E-state index in [0.29, 0.717) is 23.7 Å². The number of anilines is 1. The predicted molar refractivity (Wildman–Crippen MR) is 120 cm³/mol. The molecule has 0 spiro atoms. The molecule has 1 aliphatic heterocycles. The van der Waals surface area contributed by atoms with Crippen LogP contribution in [-0.4, -0.2) is 65.9 Å². The lowest BCUT2D eigenvalue weighted by Gasteiger charge is -2.14. The average molecular weight is 516 g/mol. The number of aliphatic hydroxyl groups excluding tert-OH is 1. The maximum Gasteiger partial charge on any atom is 0.333 e. The van der Waals surface area contributed by atoms with Gasteiger partial charge < -0.3 is 10.4 Å². The van der Waals surface area contributed by atoms with Crippen LogP contribution in [0.15, 0.2) is 35.7 Å². The number of hydrogen-bond acceptors (Lipinski definition) is 10. The van der Waals surface area contributed by atoms with E-state index in [1.54, 1.807) is 16.3 Å². The summed E-state index contributed by atoms with van der Waals surface area (Å²) >= 11 is 1.21. The topological polar surface area (TPSA) is 148 Å². The van der Waals surface area contributed by atoms with Crippen LogP contribution in [0.2, 0.25) is 0 Å². The lowest BCUT2D eigenvalue weighted by atomic mass is 10.1. The Labute approximate surface area is 198 Å². The van der Waals surface area contributed by atoms with E-state index in [1.807, 2.05) is 0 Å². The molecule has 1 saturated heterocycles. The Hall–Kier alpha value is -2.36. The average Bonchev–Trinajstić information content (AvgIpc) is 3.45. The molecule has 14 heteroatoms. The van der Waals surface area contributed by atoms with Gasteiger partial charge in [0.2, 0.25) is 5.78 Å². The van der Waals surface area contributed by atoms with Crippen molar-refractivity contribution in [3.8, 4) is 0 Å². The highest BCUT2D eigenvalue weighted by Crippen LogP contribution is 2.31. The first-order chi connectivity index (χ1) is 16.0. The molecule has 184 valence electrons. The van der Waals surface area contributed by atoms with E-state index in [9.17, 15) is 27.1 Å². The molecule has 2 aliphatic rings. The van der Waals surface area contributed by atoms with Gasteiger partial charge in [0.05, 0.1) is 29.7 Å². The van der Waals surface area contributed by atoms with Crippen molar-refractivity contribution in [1.82, 2.24) is 14.9 Å². The summed E-state index contributed by atoms with van der Waals surface area (Å²) < 4.78 is 53.4. The van der Waals surface area contributed by atoms with Crippen LogP contribution in [0, 0.1) is 5.92 Å². The fourth-order valence-electron chi connectivity index (χ4n) is 3.90. The van der Waals surface area contributed by atoms with Gasteiger partial charge in [0, 0.05) is 37.3 Å². The van der Waals surface area contributed by atoms with E-state index in [0.717, 1.165) is 5.56 Å². The molecule has 0 saturated carbocycles. The molecule has 0 aromatic carbocycles. The Bertz CT molecular complexity index is 1200. The standard InChI is InChI=1S/C20H23F2N5O5S2/c21-20(22)1-2-27(10-20)7-12-3-17(33-9-12)18(29)15-6-24-11-25-19(15)26-14-4-13(16(28)5-14)8-32-34(23,30)31/h3,5-6,9,11,13,16,28H,1-2,4,7-8,10H2,(H2,23,30,31)(H,24,25,26)/t13-,16+/m1/s1. The lowest BCUT2D eigenvalue weighted by molar-refractivity contribution is 0.0115. The summed E-state index contributed by atoms with van der Waals surface area (Å²) in [6, 6.07) is 1.68. The molecule has 0 radical (unpaired) electrons. The van der Waals surface area contributed by atoms with Crippen LogP contribution in [-0.2, 0) is 21.0 Å². The third kappa shape index (κ3) is 6.20. The molecular weight excluding hydrogens is 492 g/mol. The van der Waals surface area contributed by atoms with E-state index in [1.165, 1.54) is 29.9 Å². The zero-order valence-electron chi connectivity index (χ0n) is 17.9. The highest BCUT2D eigenvalue weighted by molar-refractivity contribution is 7.84. The number of aliphatic hydroxyl groups is 1. The lowest BCUT2D eigenvalue weighted by Crippen LogP contribution is -2.24. The van der Waals surface area contributed by atoms with Gasteiger partial charge in [-0.1, -0.05) is 0 Å². The Kier molecular flexibility index (Phi) is 7.07. The minimum absolute atomic E-state index is 0.168. The van der Waals surface area contributed by atoms with Gasteiger partial charge in [0.25, 0.3) is 5.92 Å². The Morgan fingerprint density at radius 3 is 2.94 bits per heavy atom. The normalized spacial score (nSPS) is 22.6. The van der Waals surface area contributed by atoms with Crippen molar-refractivity contribution in [1.29, 1.82) is 0 Å². The molecule has 0 unspecified atom stereocenters. The summed E-state index contributed by atoms with van der Waals surface area (Å²) in [5.41, 5.74) is 1.50. The summed E-state index contributed by atoms with van der Waals surface area (Å²) in [6.07, 6.45) is 3.23. The third-order valence-corrected chi connectivity index (χ3v) is 6.99. The number of rotatable bonds is 9. The molecule has 3 heterocycles. The minimum Gasteiger partial charge on any atom is -0.389 e. The molecule has 2 aromatic heterocycles. The maximum absolute atomic E-state index is 13.4. The quantitative estimate of drug-likeness (QED) is 0.423. The van der Waals surface area contributed by atoms with Crippen molar-refractivity contribution in [3.05, 3.63) is 51.7 Å². The molecular formula is C20H23F2N5O5S2. The molecule has 2 aromatic rings. The van der Waals surface area contributed by atoms with Crippen molar-refractivity contribution in [2.24, 2.45) is 11.1 Å². The minimum atomic E-state index is -4.13. The van der Waals surface area contributed by atoms with Crippen LogP contribution in [0.5, 0.6) is 0 Å². The molecule has 1 fully saturated rings. The molecule has 4 N–H and O–H groups in total. The number of nitrogens with one attached hydrogen (secondary N) is 1. The number of thiophene rings is 1. The number of likely N-dealkylation sites (tertiary alicyclic amines) is 1. The zero-order chi connectivity index (χ0) is 24.5. The number of hydrogen-bond donors (Lipinski definition) is 3. The van der Waals surface area contributed by atoms with E-state index in [2.05, 4.69) is 19.5 Å². The number of nitrogens with zero attached hydrogens (tertiary/aromatic N) is 3. The van der Waals surface area contributed by atoms with Gasteiger partial charge in [-0.15, -0.1) is 11.3 Å². The zero-order valence-corrected chi connectivity index (χ0v) is 19.5. The van der Waals surface area contributed by atoms with E-state index >= 15 is 0 Å². The van der Waals surface area contributed by atoms with Crippen molar-refractivity contribution in [2.45, 2.75) is 31.4 Å². The second-order valence-corrected chi connectivity index (χ2v) is 10.4. The van der Waals surface area contributed by atoms with Gasteiger partial charge in [-0.05, 0) is 29.5 Å². The number of halogens is 2. The first kappa shape index (κ1) is 24.8. The SMILES string of the molecule is NS(=O)(=O)OC[C@H]1CC(Nc2ncncc2C(=O)c2cc(CN3CCC(F)(F)C3)cs2)=C[C@@H]1O. The number of carbonyl (C=O) groups is 1. The molecule has 2 atom stereocenters. The first-order valence-electron chi connectivity index (χ1n) is 10.3. The van der Waals surface area contributed by atoms with Crippen molar-refractivity contribution in [2.75, 3.05) is 25.0 Å². The van der Waals surface area contributed by atoms with Gasteiger partial charge in [-0.2, -0.15) is 8.42 Å². The Morgan fingerprint density at radius 1 is 1.44 bits per heavy atom. The van der Waals surface area contributed by atoms with Gasteiger partial charge in [-0.25, -0.2) is 23.9 Å². The van der Waals surface area contributed by atoms with Gasteiger partial charge in [0.1, 0.15) is 12.1 Å². The first-order valence-corrected chi connectivity index (χ1v) is 12.7. The van der Waals surface area contributed by atoms with Crippen molar-refractivity contribution >= 4 is 33.2 Å². The van der Waals surface area contributed by atoms with E-state index < -0.39 is 28.2 Å². The molecule has 4 rings (SSSR count). The van der Waals surface area contributed by atoms with Crippen molar-refractivity contribution < 1.29 is 31.3 Å². The number of alkyl halides is 2. The Morgan fingerprint density at radius 2 is 2.24 bits per heavy atom. The highest BCUT2D eigenvalue weighted by Gasteiger charge is 2.38. The highest BCUT2D eigenvalue weighted by atomic mass is 32.2. The maximum atomic E-state index is 13.4. The summed E-state index contributed by atoms with van der Waals surface area (Å²) in [4.78, 5) is 23.3. The third-order valence-electron chi connectivity index (χ3n) is 5.55. The van der Waals surface area contributed by atoms with Gasteiger partial charge in [-0.3, -0.25) is 13.9 Å². The van der Waals surface area contributed by atoms with Gasteiger partial charge >= 0.3 is 10.3 Å².